The van der Waals surface area contributed by atoms with Gasteiger partial charge < -0.3 is 20.4 Å². The van der Waals surface area contributed by atoms with Crippen LogP contribution in [0.2, 0.25) is 0 Å². The van der Waals surface area contributed by atoms with Gasteiger partial charge in [0.1, 0.15) is 17.5 Å². The molecule has 2 aliphatic rings. The molecule has 0 spiro atoms. The molecule has 1 aromatic rings. The molecule has 140 valence electrons. The van der Waals surface area contributed by atoms with Crippen molar-refractivity contribution in [3.63, 3.8) is 0 Å². The van der Waals surface area contributed by atoms with Gasteiger partial charge in [-0.1, -0.05) is 0 Å². The average molecular weight is 400 g/mol. The molecule has 3 N–H and O–H groups in total. The first-order valence-electron chi connectivity index (χ1n) is 7.60. The molecule has 9 nitrogen and oxygen atoms in total. The summed E-state index contributed by atoms with van der Waals surface area (Å²) in [5.74, 6) is -5.72. The lowest BCUT2D eigenvalue weighted by atomic mass is 9.95. The fourth-order valence-electron chi connectivity index (χ4n) is 3.37. The number of rotatable bonds is 5. The van der Waals surface area contributed by atoms with Crippen molar-refractivity contribution >= 4 is 45.9 Å². The highest BCUT2D eigenvalue weighted by molar-refractivity contribution is 7.87. The van der Waals surface area contributed by atoms with Crippen LogP contribution >= 0.6 is 11.3 Å². The topological polar surface area (TPSA) is 141 Å². The third kappa shape index (κ3) is 2.53. The molecule has 2 unspecified atom stereocenters. The van der Waals surface area contributed by atoms with Gasteiger partial charge in [-0.3, -0.25) is 18.6 Å². The number of hydrogen-bond acceptors (Lipinski definition) is 6. The summed E-state index contributed by atoms with van der Waals surface area (Å²) >= 11 is 1.23. The number of hydrogen-bond donors (Lipinski definition) is 3. The monoisotopic (exact) mass is 400 g/mol. The number of fused-ring (bicyclic) bond motifs is 1. The van der Waals surface area contributed by atoms with Gasteiger partial charge in [-0.25, -0.2) is 4.79 Å². The molecule has 0 bridgehead atoms. The second-order valence-electron chi connectivity index (χ2n) is 6.59. The van der Waals surface area contributed by atoms with Gasteiger partial charge in [0.05, 0.1) is 15.5 Å². The highest BCUT2D eigenvalue weighted by Gasteiger charge is 2.68. The van der Waals surface area contributed by atoms with E-state index in [-0.39, 0.29) is 5.56 Å². The van der Waals surface area contributed by atoms with E-state index in [0.29, 0.717) is 0 Å². The fourth-order valence-corrected chi connectivity index (χ4v) is 5.98. The van der Waals surface area contributed by atoms with Crippen molar-refractivity contribution in [1.29, 1.82) is 0 Å². The van der Waals surface area contributed by atoms with Crippen LogP contribution in [-0.4, -0.2) is 65.3 Å². The van der Waals surface area contributed by atoms with Crippen LogP contribution in [0.1, 0.15) is 25.3 Å². The minimum absolute atomic E-state index is 0.278. The maximum absolute atomic E-state index is 12.7. The van der Waals surface area contributed by atoms with Crippen LogP contribution in [0.25, 0.3) is 0 Å². The molecule has 0 aromatic carbocycles. The number of carbonyl (C=O) groups excluding carboxylic acids is 2. The predicted octanol–water partition coefficient (Wildman–Crippen LogP) is -0.436. The Kier molecular flexibility index (Phi) is 4.39. The molecule has 26 heavy (non-hydrogen) atoms. The van der Waals surface area contributed by atoms with Crippen LogP contribution in [0, 0.1) is 0 Å². The van der Waals surface area contributed by atoms with E-state index in [4.69, 9.17) is 0 Å². The van der Waals surface area contributed by atoms with Gasteiger partial charge in [0.2, 0.25) is 11.8 Å². The highest BCUT2D eigenvalue weighted by atomic mass is 32.2. The van der Waals surface area contributed by atoms with E-state index in [9.17, 15) is 33.6 Å². The molecular formula is C15H16N2O7S2. The van der Waals surface area contributed by atoms with Gasteiger partial charge in [-0.05, 0) is 36.2 Å². The number of carbonyl (C=O) groups is 4. The third-order valence-corrected chi connectivity index (χ3v) is 7.57. The SMILES string of the molecule is CC1(C)[C@H](C(=O)O)N2C(=O)[C@@H](NC(=O)C(C(=O)O)c3ccsc3)[C@H]2S1=O. The molecular weight excluding hydrogens is 384 g/mol. The second-order valence-corrected chi connectivity index (χ2v) is 9.50. The number of thiophene rings is 1. The standard InChI is InChI=1S/C15H16N2O7S2/c1-15(2)9(14(22)23)17-11(19)8(12(17)26(15)24)16-10(18)7(13(20)21)6-3-4-25-5-6/h3-5,7-9,12H,1-2H3,(H,16,18)(H,20,21)(H,22,23)/t7?,8-,9+,12-,26?/m1/s1. The second kappa shape index (κ2) is 6.16. The van der Waals surface area contributed by atoms with E-state index >= 15 is 0 Å². The van der Waals surface area contributed by atoms with Crippen LogP contribution in [0.5, 0.6) is 0 Å². The first-order valence-corrected chi connectivity index (χ1v) is 9.75. The molecule has 2 saturated heterocycles. The lowest BCUT2D eigenvalue weighted by Gasteiger charge is -2.43. The first kappa shape index (κ1) is 18.5. The molecule has 3 rings (SSSR count). The molecule has 2 fully saturated rings. The van der Waals surface area contributed by atoms with E-state index < -0.39 is 62.7 Å². The van der Waals surface area contributed by atoms with Crippen molar-refractivity contribution in [3.8, 4) is 0 Å². The van der Waals surface area contributed by atoms with Crippen LogP contribution in [0.15, 0.2) is 16.8 Å². The van der Waals surface area contributed by atoms with Crippen molar-refractivity contribution in [3.05, 3.63) is 22.4 Å². The molecule has 3 heterocycles. The zero-order chi connectivity index (χ0) is 19.4. The zero-order valence-electron chi connectivity index (χ0n) is 13.7. The normalized spacial score (nSPS) is 30.2. The number of carboxylic acid groups (broad SMARTS) is 2. The lowest BCUT2D eigenvalue weighted by Crippen LogP contribution is -2.72. The average Bonchev–Trinajstić information content (AvgIpc) is 3.10. The van der Waals surface area contributed by atoms with Crippen LogP contribution < -0.4 is 5.32 Å². The Labute approximate surface area is 154 Å². The molecule has 0 saturated carbocycles. The summed E-state index contributed by atoms with van der Waals surface area (Å²) < 4.78 is 11.5. The molecule has 1 aromatic heterocycles. The molecule has 2 amide bonds. The number of nitrogens with zero attached hydrogens (tertiary/aromatic N) is 1. The lowest BCUT2D eigenvalue weighted by molar-refractivity contribution is -0.161. The van der Waals surface area contributed by atoms with Crippen LogP contribution in [-0.2, 0) is 30.0 Å². The minimum Gasteiger partial charge on any atom is -0.480 e. The number of nitrogens with one attached hydrogen (secondary N) is 1. The van der Waals surface area contributed by atoms with Gasteiger partial charge in [-0.15, -0.1) is 0 Å². The fraction of sp³-hybridized carbons (Fsp3) is 0.467. The van der Waals surface area contributed by atoms with E-state index in [2.05, 4.69) is 5.32 Å². The summed E-state index contributed by atoms with van der Waals surface area (Å²) in [6.07, 6.45) is 0. The molecule has 11 heteroatoms. The molecule has 5 atom stereocenters. The molecule has 0 radical (unpaired) electrons. The number of aliphatic carboxylic acids is 2. The molecule has 0 aliphatic carbocycles. The van der Waals surface area contributed by atoms with Crippen molar-refractivity contribution < 1.29 is 33.6 Å². The van der Waals surface area contributed by atoms with Gasteiger partial charge in [0.25, 0.3) is 0 Å². The van der Waals surface area contributed by atoms with Crippen LogP contribution in [0.3, 0.4) is 0 Å². The Morgan fingerprint density at radius 1 is 1.35 bits per heavy atom. The van der Waals surface area contributed by atoms with Gasteiger partial charge >= 0.3 is 11.9 Å². The number of β-lactam (4-membered cyclic amide) rings is 1. The maximum atomic E-state index is 12.7. The Morgan fingerprint density at radius 2 is 2.00 bits per heavy atom. The van der Waals surface area contributed by atoms with E-state index in [1.807, 2.05) is 0 Å². The van der Waals surface area contributed by atoms with Gasteiger partial charge in [-0.2, -0.15) is 11.3 Å². The molecule has 2 aliphatic heterocycles. The van der Waals surface area contributed by atoms with Crippen molar-refractivity contribution in [2.24, 2.45) is 0 Å². The van der Waals surface area contributed by atoms with Crippen molar-refractivity contribution in [2.75, 3.05) is 0 Å². The third-order valence-electron chi connectivity index (χ3n) is 4.67. The summed E-state index contributed by atoms with van der Waals surface area (Å²) in [6.45, 7) is 2.97. The highest BCUT2D eigenvalue weighted by Crippen LogP contribution is 2.43. The Bertz CT molecular complexity index is 820. The summed E-state index contributed by atoms with van der Waals surface area (Å²) in [5, 5.41) is 23.2. The minimum atomic E-state index is -1.74. The maximum Gasteiger partial charge on any atom is 0.328 e. The summed E-state index contributed by atoms with van der Waals surface area (Å²) in [5.41, 5.74) is 0.278. The Hall–Kier alpha value is -2.27. The van der Waals surface area contributed by atoms with Gasteiger partial charge in [0, 0.05) is 0 Å². The van der Waals surface area contributed by atoms with Crippen molar-refractivity contribution in [1.82, 2.24) is 10.2 Å². The van der Waals surface area contributed by atoms with Crippen LogP contribution in [0.4, 0.5) is 0 Å². The van der Waals surface area contributed by atoms with Crippen molar-refractivity contribution in [2.45, 2.75) is 42.0 Å². The first-order chi connectivity index (χ1) is 12.1. The number of carboxylic acids is 2. The summed E-state index contributed by atoms with van der Waals surface area (Å²) in [7, 11) is -1.74. The van der Waals surface area contributed by atoms with E-state index in [1.54, 1.807) is 5.38 Å². The van der Waals surface area contributed by atoms with E-state index in [1.165, 1.54) is 36.6 Å². The largest absolute Gasteiger partial charge is 0.480 e. The smallest absolute Gasteiger partial charge is 0.328 e. The number of amides is 2. The zero-order valence-corrected chi connectivity index (χ0v) is 15.4. The Morgan fingerprint density at radius 3 is 2.50 bits per heavy atom. The predicted molar refractivity (Wildman–Crippen MR) is 90.9 cm³/mol. The Balaban J connectivity index is 1.83. The van der Waals surface area contributed by atoms with Gasteiger partial charge in [0.15, 0.2) is 5.92 Å². The quantitative estimate of drug-likeness (QED) is 0.449. The van der Waals surface area contributed by atoms with E-state index in [0.717, 1.165) is 4.90 Å². The summed E-state index contributed by atoms with van der Waals surface area (Å²) in [4.78, 5) is 48.8. The summed E-state index contributed by atoms with van der Waals surface area (Å²) in [6, 6.07) is -0.969.